The van der Waals surface area contributed by atoms with Gasteiger partial charge in [-0.05, 0) is 13.0 Å². The van der Waals surface area contributed by atoms with Crippen molar-refractivity contribution in [3.05, 3.63) is 0 Å². The predicted octanol–water partition coefficient (Wildman–Crippen LogP) is -2.10. The van der Waals surface area contributed by atoms with E-state index >= 15 is 0 Å². The van der Waals surface area contributed by atoms with Gasteiger partial charge < -0.3 is 10.6 Å². The fraction of sp³-hybridized carbons (Fsp3) is 0.889. The minimum Gasteiger partial charge on any atom is -0.370 e. The molecule has 0 saturated carbocycles. The molecule has 1 heterocycles. The minimum absolute atomic E-state index is 0.0995. The number of guanidine groups is 1. The molecule has 1 unspecified atom stereocenters. The molecule has 0 amide bonds. The lowest BCUT2D eigenvalue weighted by atomic mass is 10.4. The number of nitrogens with two attached hydrogens (primary N) is 2. The average Bonchev–Trinajstić information content (AvgIpc) is 2.69. The predicted molar refractivity (Wildman–Crippen MR) is 65.5 cm³/mol. The molecule has 0 radical (unpaired) electrons. The van der Waals surface area contributed by atoms with Gasteiger partial charge >= 0.3 is 0 Å². The number of hydrazine groups is 1. The van der Waals surface area contributed by atoms with Gasteiger partial charge in [-0.1, -0.05) is 0 Å². The number of rotatable bonds is 5. The van der Waals surface area contributed by atoms with E-state index in [2.05, 4.69) is 15.6 Å². The van der Waals surface area contributed by atoms with Gasteiger partial charge in [-0.15, -0.1) is 0 Å². The molecule has 0 aliphatic carbocycles. The van der Waals surface area contributed by atoms with Crippen molar-refractivity contribution in [3.63, 3.8) is 0 Å². The van der Waals surface area contributed by atoms with E-state index < -0.39 is 0 Å². The molecule has 94 valence electrons. The first-order valence-electron chi connectivity index (χ1n) is 5.56. The highest BCUT2D eigenvalue weighted by molar-refractivity contribution is 5.77. The summed E-state index contributed by atoms with van der Waals surface area (Å²) in [5.41, 5.74) is 5.66. The Hall–Kier alpha value is -0.890. The van der Waals surface area contributed by atoms with Crippen molar-refractivity contribution < 1.29 is 0 Å². The standard InChI is InChI=1S/C9H23N7/c1-12-8(10)15(2)6-3-4-13-9-14-5-7-16(9)11/h9,13-14H,3-7,11H2,1-2H3,(H2,10,12). The van der Waals surface area contributed by atoms with Crippen LogP contribution in [0.3, 0.4) is 0 Å². The van der Waals surface area contributed by atoms with Crippen LogP contribution in [0.25, 0.3) is 0 Å². The maximum atomic E-state index is 5.75. The van der Waals surface area contributed by atoms with Gasteiger partial charge in [0, 0.05) is 33.7 Å². The summed E-state index contributed by atoms with van der Waals surface area (Å²) in [6, 6.07) is 0. The number of hydrogen-bond donors (Lipinski definition) is 4. The number of hydrogen-bond acceptors (Lipinski definition) is 5. The molecule has 1 fully saturated rings. The van der Waals surface area contributed by atoms with Crippen LogP contribution in [0.4, 0.5) is 0 Å². The van der Waals surface area contributed by atoms with Crippen LogP contribution in [0, 0.1) is 0 Å². The highest BCUT2D eigenvalue weighted by Crippen LogP contribution is 1.93. The normalized spacial score (nSPS) is 22.7. The Morgan fingerprint density at radius 2 is 2.44 bits per heavy atom. The first kappa shape index (κ1) is 13.2. The fourth-order valence-electron chi connectivity index (χ4n) is 1.61. The third-order valence-electron chi connectivity index (χ3n) is 2.67. The van der Waals surface area contributed by atoms with Crippen molar-refractivity contribution >= 4 is 5.96 Å². The van der Waals surface area contributed by atoms with E-state index in [1.807, 2.05) is 11.9 Å². The molecule has 0 aromatic carbocycles. The van der Waals surface area contributed by atoms with E-state index in [1.54, 1.807) is 12.1 Å². The Bertz CT molecular complexity index is 230. The van der Waals surface area contributed by atoms with Crippen LogP contribution in [-0.2, 0) is 0 Å². The zero-order valence-electron chi connectivity index (χ0n) is 10.1. The van der Waals surface area contributed by atoms with Gasteiger partial charge in [0.2, 0.25) is 0 Å². The first-order chi connectivity index (χ1) is 7.65. The van der Waals surface area contributed by atoms with E-state index in [9.17, 15) is 0 Å². The lowest BCUT2D eigenvalue weighted by Gasteiger charge is -2.21. The molecule has 7 nitrogen and oxygen atoms in total. The van der Waals surface area contributed by atoms with Crippen LogP contribution in [0.1, 0.15) is 6.42 Å². The van der Waals surface area contributed by atoms with E-state index in [0.717, 1.165) is 32.6 Å². The minimum atomic E-state index is 0.0995. The van der Waals surface area contributed by atoms with Gasteiger partial charge in [0.1, 0.15) is 6.29 Å². The molecule has 1 aliphatic heterocycles. The second-order valence-electron chi connectivity index (χ2n) is 3.91. The smallest absolute Gasteiger partial charge is 0.190 e. The van der Waals surface area contributed by atoms with Crippen molar-refractivity contribution in [2.45, 2.75) is 12.7 Å². The zero-order chi connectivity index (χ0) is 12.0. The summed E-state index contributed by atoms with van der Waals surface area (Å²) in [7, 11) is 3.63. The zero-order valence-corrected chi connectivity index (χ0v) is 10.1. The fourth-order valence-corrected chi connectivity index (χ4v) is 1.61. The van der Waals surface area contributed by atoms with Gasteiger partial charge in [0.25, 0.3) is 0 Å². The summed E-state index contributed by atoms with van der Waals surface area (Å²) in [6.45, 7) is 3.59. The highest BCUT2D eigenvalue weighted by atomic mass is 15.6. The Morgan fingerprint density at radius 3 is 3.00 bits per heavy atom. The van der Waals surface area contributed by atoms with Crippen molar-refractivity contribution in [3.8, 4) is 0 Å². The van der Waals surface area contributed by atoms with Gasteiger partial charge in [-0.3, -0.25) is 21.5 Å². The van der Waals surface area contributed by atoms with E-state index in [0.29, 0.717) is 5.96 Å². The average molecular weight is 229 g/mol. The third-order valence-corrected chi connectivity index (χ3v) is 2.67. The molecular formula is C9H23N7. The SMILES string of the molecule is CN=C(N)N(C)CCCNC1NCCN1N. The Labute approximate surface area is 96.8 Å². The molecule has 1 aliphatic rings. The van der Waals surface area contributed by atoms with Crippen LogP contribution >= 0.6 is 0 Å². The summed E-state index contributed by atoms with van der Waals surface area (Å²) in [4.78, 5) is 5.85. The molecule has 7 heteroatoms. The topological polar surface area (TPSA) is 94.9 Å². The third kappa shape index (κ3) is 3.93. The first-order valence-corrected chi connectivity index (χ1v) is 5.56. The number of nitrogens with zero attached hydrogens (tertiary/aromatic N) is 3. The molecule has 0 aromatic rings. The number of aliphatic imine (C=N–C) groups is 1. The van der Waals surface area contributed by atoms with Gasteiger partial charge in [-0.2, -0.15) is 0 Å². The van der Waals surface area contributed by atoms with Crippen LogP contribution in [0.5, 0.6) is 0 Å². The second kappa shape index (κ2) is 6.64. The lowest BCUT2D eigenvalue weighted by molar-refractivity contribution is 0.207. The van der Waals surface area contributed by atoms with Crippen molar-refractivity contribution in [2.75, 3.05) is 40.3 Å². The van der Waals surface area contributed by atoms with Gasteiger partial charge in [-0.25, -0.2) is 5.01 Å². The number of nitrogens with one attached hydrogen (secondary N) is 2. The molecule has 1 atom stereocenters. The maximum Gasteiger partial charge on any atom is 0.190 e. The van der Waals surface area contributed by atoms with E-state index in [1.165, 1.54) is 0 Å². The quantitative estimate of drug-likeness (QED) is 0.187. The summed E-state index contributed by atoms with van der Waals surface area (Å²) in [5.74, 6) is 6.32. The van der Waals surface area contributed by atoms with E-state index in [-0.39, 0.29) is 6.29 Å². The molecule has 0 aromatic heterocycles. The molecule has 0 spiro atoms. The van der Waals surface area contributed by atoms with Gasteiger partial charge in [0.05, 0.1) is 0 Å². The molecule has 1 rings (SSSR count). The summed E-state index contributed by atoms with van der Waals surface area (Å²) in [6.07, 6.45) is 1.10. The van der Waals surface area contributed by atoms with Crippen LogP contribution in [0.15, 0.2) is 4.99 Å². The highest BCUT2D eigenvalue weighted by Gasteiger charge is 2.19. The van der Waals surface area contributed by atoms with Gasteiger partial charge in [0.15, 0.2) is 5.96 Å². The van der Waals surface area contributed by atoms with Crippen LogP contribution in [-0.4, -0.2) is 62.4 Å². The molecule has 0 bridgehead atoms. The van der Waals surface area contributed by atoms with Crippen LogP contribution in [0.2, 0.25) is 0 Å². The molecule has 6 N–H and O–H groups in total. The Morgan fingerprint density at radius 1 is 1.69 bits per heavy atom. The lowest BCUT2D eigenvalue weighted by Crippen LogP contribution is -2.51. The Balaban J connectivity index is 2.07. The Kier molecular flexibility index (Phi) is 5.47. The monoisotopic (exact) mass is 229 g/mol. The van der Waals surface area contributed by atoms with Crippen molar-refractivity contribution in [1.82, 2.24) is 20.5 Å². The molecular weight excluding hydrogens is 206 g/mol. The summed E-state index contributed by atoms with van der Waals surface area (Å²) < 4.78 is 0. The summed E-state index contributed by atoms with van der Waals surface area (Å²) in [5, 5.41) is 8.35. The molecule has 16 heavy (non-hydrogen) atoms. The van der Waals surface area contributed by atoms with E-state index in [4.69, 9.17) is 11.6 Å². The summed E-state index contributed by atoms with van der Waals surface area (Å²) >= 11 is 0. The van der Waals surface area contributed by atoms with Crippen molar-refractivity contribution in [1.29, 1.82) is 0 Å². The second-order valence-corrected chi connectivity index (χ2v) is 3.91. The maximum absolute atomic E-state index is 5.75. The van der Waals surface area contributed by atoms with Crippen molar-refractivity contribution in [2.24, 2.45) is 16.6 Å². The van der Waals surface area contributed by atoms with Crippen LogP contribution < -0.4 is 22.2 Å². The molecule has 1 saturated heterocycles. The largest absolute Gasteiger partial charge is 0.370 e.